The molecule has 0 bridgehead atoms. The number of hydrogen-bond donors (Lipinski definition) is 1. The number of sulfonamides is 1. The summed E-state index contributed by atoms with van der Waals surface area (Å²) in [5.74, 6) is 0.118. The van der Waals surface area contributed by atoms with Gasteiger partial charge in [0.05, 0.1) is 16.6 Å². The Morgan fingerprint density at radius 2 is 1.90 bits per heavy atom. The zero-order valence-corrected chi connectivity index (χ0v) is 17.9. The molecule has 1 aromatic carbocycles. The monoisotopic (exact) mass is 437 g/mol. The van der Waals surface area contributed by atoms with Gasteiger partial charge in [-0.3, -0.25) is 4.79 Å². The van der Waals surface area contributed by atoms with E-state index in [1.54, 1.807) is 41.3 Å². The van der Waals surface area contributed by atoms with Crippen LogP contribution < -0.4 is 9.46 Å². The van der Waals surface area contributed by atoms with E-state index >= 15 is 0 Å². The van der Waals surface area contributed by atoms with Crippen LogP contribution in [-0.2, 0) is 10.0 Å². The number of aromatic nitrogens is 1. The molecule has 0 spiro atoms. The van der Waals surface area contributed by atoms with Gasteiger partial charge < -0.3 is 9.64 Å². The highest BCUT2D eigenvalue weighted by molar-refractivity contribution is 7.89. The topological polar surface area (TPSA) is 88.6 Å². The van der Waals surface area contributed by atoms with Gasteiger partial charge in [-0.15, -0.1) is 0 Å². The second kappa shape index (κ2) is 9.11. The molecule has 0 aliphatic carbocycles. The van der Waals surface area contributed by atoms with E-state index in [1.165, 1.54) is 6.20 Å². The first-order valence-corrected chi connectivity index (χ1v) is 11.3. The van der Waals surface area contributed by atoms with Gasteiger partial charge in [0.2, 0.25) is 15.9 Å². The molecule has 0 atom stereocenters. The summed E-state index contributed by atoms with van der Waals surface area (Å²) in [5.41, 5.74) is 0.384. The lowest BCUT2D eigenvalue weighted by molar-refractivity contribution is 0.0710. The van der Waals surface area contributed by atoms with Crippen LogP contribution in [0, 0.1) is 0 Å². The predicted molar refractivity (Wildman–Crippen MR) is 111 cm³/mol. The average molecular weight is 438 g/mol. The number of nitrogens with zero attached hydrogens (tertiary/aromatic N) is 2. The quantitative estimate of drug-likeness (QED) is 0.750. The molecule has 1 amide bonds. The van der Waals surface area contributed by atoms with Crippen molar-refractivity contribution in [1.29, 1.82) is 0 Å². The third-order valence-corrected chi connectivity index (χ3v) is 6.37. The Morgan fingerprint density at radius 3 is 2.48 bits per heavy atom. The Balaban J connectivity index is 1.59. The van der Waals surface area contributed by atoms with E-state index in [2.05, 4.69) is 9.71 Å². The molecule has 1 aromatic heterocycles. The van der Waals surface area contributed by atoms with Crippen molar-refractivity contribution in [3.8, 4) is 5.88 Å². The number of amides is 1. The number of piperidine rings is 1. The fourth-order valence-electron chi connectivity index (χ4n) is 3.12. The molecule has 29 heavy (non-hydrogen) atoms. The summed E-state index contributed by atoms with van der Waals surface area (Å²) in [5, 5.41) is 0.287. The Hall–Kier alpha value is -2.16. The number of hydrogen-bond acceptors (Lipinski definition) is 5. The highest BCUT2D eigenvalue weighted by Crippen LogP contribution is 2.25. The zero-order chi connectivity index (χ0) is 21.0. The Kier molecular flexibility index (Phi) is 6.77. The van der Waals surface area contributed by atoms with E-state index < -0.39 is 10.0 Å². The van der Waals surface area contributed by atoms with Gasteiger partial charge in [-0.2, -0.15) is 0 Å². The third kappa shape index (κ3) is 5.46. The standard InChI is InChI=1S/C20H24ClN3O4S/c1-14(2)28-19-18(21)12-15(13-22-19)20(25)24-10-8-16(9-11-24)23-29(26,27)17-6-4-3-5-7-17/h3-7,12-14,16,23H,8-11H2,1-2H3. The van der Waals surface area contributed by atoms with Crippen molar-refractivity contribution in [3.05, 3.63) is 53.2 Å². The lowest BCUT2D eigenvalue weighted by Gasteiger charge is -2.32. The lowest BCUT2D eigenvalue weighted by Crippen LogP contribution is -2.46. The molecule has 0 saturated carbocycles. The third-order valence-electron chi connectivity index (χ3n) is 4.56. The highest BCUT2D eigenvalue weighted by atomic mass is 35.5. The molecule has 1 fully saturated rings. The molecule has 2 aromatic rings. The molecule has 1 aliphatic heterocycles. The molecule has 1 aliphatic rings. The molecule has 0 unspecified atom stereocenters. The van der Waals surface area contributed by atoms with Crippen molar-refractivity contribution in [1.82, 2.24) is 14.6 Å². The summed E-state index contributed by atoms with van der Waals surface area (Å²) in [4.78, 5) is 18.8. The maximum Gasteiger partial charge on any atom is 0.255 e. The number of carbonyl (C=O) groups is 1. The van der Waals surface area contributed by atoms with E-state index in [9.17, 15) is 13.2 Å². The molecule has 2 heterocycles. The van der Waals surface area contributed by atoms with Crippen LogP contribution in [0.2, 0.25) is 5.02 Å². The van der Waals surface area contributed by atoms with Crippen LogP contribution in [0.4, 0.5) is 0 Å². The van der Waals surface area contributed by atoms with Crippen molar-refractivity contribution in [3.63, 3.8) is 0 Å². The predicted octanol–water partition coefficient (Wildman–Crippen LogP) is 3.11. The first-order valence-electron chi connectivity index (χ1n) is 9.45. The molecule has 0 radical (unpaired) electrons. The summed E-state index contributed by atoms with van der Waals surface area (Å²) in [6.45, 7) is 4.63. The van der Waals surface area contributed by atoms with Gasteiger partial charge in [0.25, 0.3) is 5.91 Å². The van der Waals surface area contributed by atoms with Crippen molar-refractivity contribution in [2.45, 2.75) is 43.7 Å². The van der Waals surface area contributed by atoms with Crippen LogP contribution in [0.5, 0.6) is 5.88 Å². The van der Waals surface area contributed by atoms with Crippen LogP contribution in [0.3, 0.4) is 0 Å². The van der Waals surface area contributed by atoms with Gasteiger partial charge in [-0.1, -0.05) is 29.8 Å². The van der Waals surface area contributed by atoms with Crippen LogP contribution in [0.15, 0.2) is 47.5 Å². The Bertz CT molecular complexity index is 959. The summed E-state index contributed by atoms with van der Waals surface area (Å²) >= 11 is 6.18. The number of pyridine rings is 1. The van der Waals surface area contributed by atoms with Crippen molar-refractivity contribution in [2.75, 3.05) is 13.1 Å². The summed E-state index contributed by atoms with van der Waals surface area (Å²) in [7, 11) is -3.57. The largest absolute Gasteiger partial charge is 0.474 e. The molecule has 9 heteroatoms. The molecular weight excluding hydrogens is 414 g/mol. The van der Waals surface area contributed by atoms with E-state index in [-0.39, 0.29) is 28.0 Å². The molecule has 1 N–H and O–H groups in total. The highest BCUT2D eigenvalue weighted by Gasteiger charge is 2.27. The van der Waals surface area contributed by atoms with E-state index in [0.717, 1.165) is 0 Å². The summed E-state index contributed by atoms with van der Waals surface area (Å²) in [6, 6.07) is 9.60. The summed E-state index contributed by atoms with van der Waals surface area (Å²) < 4.78 is 33.1. The van der Waals surface area contributed by atoms with E-state index in [4.69, 9.17) is 16.3 Å². The first kappa shape index (κ1) is 21.5. The number of likely N-dealkylation sites (tertiary alicyclic amines) is 1. The van der Waals surface area contributed by atoms with Gasteiger partial charge in [0.1, 0.15) is 5.02 Å². The minimum Gasteiger partial charge on any atom is -0.474 e. The Labute approximate surface area is 176 Å². The molecular formula is C20H24ClN3O4S. The maximum atomic E-state index is 12.7. The number of benzene rings is 1. The minimum atomic E-state index is -3.57. The van der Waals surface area contributed by atoms with Crippen molar-refractivity contribution < 1.29 is 17.9 Å². The lowest BCUT2D eigenvalue weighted by atomic mass is 10.1. The average Bonchev–Trinajstić information content (AvgIpc) is 2.70. The van der Waals surface area contributed by atoms with Gasteiger partial charge >= 0.3 is 0 Å². The maximum absolute atomic E-state index is 12.7. The SMILES string of the molecule is CC(C)Oc1ncc(C(=O)N2CCC(NS(=O)(=O)c3ccccc3)CC2)cc1Cl. The normalized spacial score (nSPS) is 15.5. The van der Waals surface area contributed by atoms with Crippen molar-refractivity contribution >= 4 is 27.5 Å². The smallest absolute Gasteiger partial charge is 0.255 e. The molecule has 1 saturated heterocycles. The van der Waals surface area contributed by atoms with Gasteiger partial charge in [-0.05, 0) is 44.9 Å². The number of halogens is 1. The fourth-order valence-corrected chi connectivity index (χ4v) is 4.66. The minimum absolute atomic E-state index is 0.0692. The van der Waals surface area contributed by atoms with Crippen LogP contribution in [-0.4, -0.2) is 49.4 Å². The van der Waals surface area contributed by atoms with Gasteiger partial charge in [0.15, 0.2) is 0 Å². The van der Waals surface area contributed by atoms with Crippen LogP contribution in [0.1, 0.15) is 37.0 Å². The fraction of sp³-hybridized carbons (Fsp3) is 0.400. The van der Waals surface area contributed by atoms with E-state index in [1.807, 2.05) is 13.8 Å². The summed E-state index contributed by atoms with van der Waals surface area (Å²) in [6.07, 6.45) is 2.46. The van der Waals surface area contributed by atoms with Crippen molar-refractivity contribution in [2.24, 2.45) is 0 Å². The number of nitrogens with one attached hydrogen (secondary N) is 1. The van der Waals surface area contributed by atoms with Gasteiger partial charge in [-0.25, -0.2) is 18.1 Å². The second-order valence-electron chi connectivity index (χ2n) is 7.18. The van der Waals surface area contributed by atoms with Crippen LogP contribution in [0.25, 0.3) is 0 Å². The van der Waals surface area contributed by atoms with Gasteiger partial charge in [0, 0.05) is 25.3 Å². The first-order chi connectivity index (χ1) is 13.8. The van der Waals surface area contributed by atoms with E-state index in [0.29, 0.717) is 37.4 Å². The molecule has 3 rings (SSSR count). The number of ether oxygens (including phenoxy) is 1. The number of rotatable bonds is 6. The molecule has 7 nitrogen and oxygen atoms in total. The molecule has 156 valence electrons. The van der Waals surface area contributed by atoms with Crippen LogP contribution >= 0.6 is 11.6 Å². The zero-order valence-electron chi connectivity index (χ0n) is 16.3. The second-order valence-corrected chi connectivity index (χ2v) is 9.30. The Morgan fingerprint density at radius 1 is 1.24 bits per heavy atom. The number of carbonyl (C=O) groups excluding carboxylic acids is 1.